The lowest BCUT2D eigenvalue weighted by atomic mass is 9.86. The first kappa shape index (κ1) is 33.2. The summed E-state index contributed by atoms with van der Waals surface area (Å²) in [6, 6.07) is 82.9. The molecule has 0 saturated carbocycles. The quantitative estimate of drug-likeness (QED) is 0.145. The van der Waals surface area contributed by atoms with Gasteiger partial charge in [0.05, 0.1) is 11.4 Å². The van der Waals surface area contributed by atoms with E-state index in [0.29, 0.717) is 0 Å². The molecule has 0 bridgehead atoms. The first-order valence-electron chi connectivity index (χ1n) is 19.2. The maximum absolute atomic E-state index is 2.39. The molecule has 0 fully saturated rings. The van der Waals surface area contributed by atoms with Crippen LogP contribution in [0.4, 0.5) is 34.1 Å². The number of rotatable bonds is 8. The number of fused-ring (bicyclic) bond motifs is 3. The van der Waals surface area contributed by atoms with E-state index in [1.54, 1.807) is 0 Å². The second-order valence-electron chi connectivity index (χ2n) is 14.1. The summed E-state index contributed by atoms with van der Waals surface area (Å²) in [6.07, 6.45) is 0. The largest absolute Gasteiger partial charge is 0.310 e. The molecule has 10 aromatic carbocycles. The molecular weight excluding hydrogens is 677 g/mol. The molecule has 264 valence electrons. The summed E-state index contributed by atoms with van der Waals surface area (Å²) in [5.74, 6) is 0. The van der Waals surface area contributed by atoms with Gasteiger partial charge in [-0.3, -0.25) is 0 Å². The normalized spacial score (nSPS) is 11.2. The van der Waals surface area contributed by atoms with Gasteiger partial charge in [0.15, 0.2) is 0 Å². The zero-order chi connectivity index (χ0) is 37.3. The average molecular weight is 715 g/mol. The molecule has 0 aliphatic heterocycles. The summed E-state index contributed by atoms with van der Waals surface area (Å²) in [4.78, 5) is 4.74. The van der Waals surface area contributed by atoms with Crippen LogP contribution in [0.2, 0.25) is 0 Å². The van der Waals surface area contributed by atoms with Crippen LogP contribution in [-0.4, -0.2) is 0 Å². The summed E-state index contributed by atoms with van der Waals surface area (Å²) in [5, 5.41) is 7.36. The Hall–Kier alpha value is -7.42. The average Bonchev–Trinajstić information content (AvgIpc) is 3.28. The molecule has 10 aromatic rings. The minimum absolute atomic E-state index is 1.09. The van der Waals surface area contributed by atoms with Crippen molar-refractivity contribution in [3.05, 3.63) is 231 Å². The van der Waals surface area contributed by atoms with E-state index in [-0.39, 0.29) is 0 Å². The zero-order valence-corrected chi connectivity index (χ0v) is 30.8. The van der Waals surface area contributed by atoms with Crippen LogP contribution >= 0.6 is 0 Å². The van der Waals surface area contributed by atoms with E-state index in [9.17, 15) is 0 Å². The molecule has 56 heavy (non-hydrogen) atoms. The van der Waals surface area contributed by atoms with Crippen molar-refractivity contribution in [1.82, 2.24) is 0 Å². The third kappa shape index (κ3) is 5.85. The molecule has 0 aliphatic rings. The molecule has 0 spiro atoms. The Bertz CT molecular complexity index is 2850. The summed E-state index contributed by atoms with van der Waals surface area (Å²) >= 11 is 0. The predicted molar refractivity (Wildman–Crippen MR) is 239 cm³/mol. The van der Waals surface area contributed by atoms with Crippen molar-refractivity contribution in [2.75, 3.05) is 9.80 Å². The van der Waals surface area contributed by atoms with Gasteiger partial charge in [-0.25, -0.2) is 0 Å². The molecule has 0 unspecified atom stereocenters. The van der Waals surface area contributed by atoms with Crippen molar-refractivity contribution in [2.24, 2.45) is 0 Å². The molecule has 0 atom stereocenters. The number of hydrogen-bond acceptors (Lipinski definition) is 2. The fourth-order valence-corrected chi connectivity index (χ4v) is 8.38. The van der Waals surface area contributed by atoms with E-state index in [2.05, 4.69) is 240 Å². The van der Waals surface area contributed by atoms with E-state index < -0.39 is 0 Å². The van der Waals surface area contributed by atoms with Gasteiger partial charge in [-0.05, 0) is 104 Å². The third-order valence-electron chi connectivity index (χ3n) is 10.8. The van der Waals surface area contributed by atoms with Gasteiger partial charge < -0.3 is 9.80 Å². The molecule has 0 heterocycles. The van der Waals surface area contributed by atoms with Crippen molar-refractivity contribution >= 4 is 66.4 Å². The molecule has 10 rings (SSSR count). The molecule has 2 nitrogen and oxygen atoms in total. The van der Waals surface area contributed by atoms with E-state index in [1.807, 2.05) is 0 Å². The number of benzene rings is 10. The van der Waals surface area contributed by atoms with Crippen LogP contribution in [0, 0.1) is 0 Å². The lowest BCUT2D eigenvalue weighted by molar-refractivity contribution is 1.28. The Labute approximate surface area is 327 Å². The third-order valence-corrected chi connectivity index (χ3v) is 10.8. The number of hydrogen-bond donors (Lipinski definition) is 0. The summed E-state index contributed by atoms with van der Waals surface area (Å²) in [7, 11) is 0. The lowest BCUT2D eigenvalue weighted by Crippen LogP contribution is -2.13. The Morgan fingerprint density at radius 2 is 0.464 bits per heavy atom. The van der Waals surface area contributed by atoms with Crippen molar-refractivity contribution in [3.63, 3.8) is 0 Å². The molecule has 0 amide bonds. The maximum Gasteiger partial charge on any atom is 0.0541 e. The summed E-state index contributed by atoms with van der Waals surface area (Å²) < 4.78 is 0. The van der Waals surface area contributed by atoms with Gasteiger partial charge in [-0.2, -0.15) is 0 Å². The van der Waals surface area contributed by atoms with Crippen LogP contribution in [0.5, 0.6) is 0 Å². The number of anilines is 6. The first-order chi connectivity index (χ1) is 27.8. The van der Waals surface area contributed by atoms with Gasteiger partial charge in [-0.1, -0.05) is 170 Å². The van der Waals surface area contributed by atoms with Gasteiger partial charge >= 0.3 is 0 Å². The molecule has 0 aliphatic carbocycles. The van der Waals surface area contributed by atoms with Gasteiger partial charge in [0, 0.05) is 33.5 Å². The molecule has 0 N–H and O–H groups in total. The van der Waals surface area contributed by atoms with Crippen LogP contribution < -0.4 is 9.80 Å². The predicted octanol–water partition coefficient (Wildman–Crippen LogP) is 15.4. The molecule has 2 heteroatoms. The van der Waals surface area contributed by atoms with Gasteiger partial charge in [0.1, 0.15) is 0 Å². The highest BCUT2D eigenvalue weighted by Crippen LogP contribution is 2.47. The van der Waals surface area contributed by atoms with E-state index in [1.165, 1.54) is 54.6 Å². The van der Waals surface area contributed by atoms with Crippen molar-refractivity contribution < 1.29 is 0 Å². The molecule has 0 aromatic heterocycles. The standard InChI is InChI=1S/C54H38N2/c1-5-19-39(20-6-1)53-47-29-15-17-31-49(47)54(50-32-18-16-30-48(50)53)40-33-35-44(36-34-40)56(43-25-11-4-12-26-43)52-38-37-51(45-27-13-14-28-46(45)52)55(41-21-7-2-8-22-41)42-23-9-3-10-24-42/h1-38H. The van der Waals surface area contributed by atoms with Crippen molar-refractivity contribution in [2.45, 2.75) is 0 Å². The van der Waals surface area contributed by atoms with Crippen molar-refractivity contribution in [1.29, 1.82) is 0 Å². The van der Waals surface area contributed by atoms with Gasteiger partial charge in [0.2, 0.25) is 0 Å². The monoisotopic (exact) mass is 714 g/mol. The lowest BCUT2D eigenvalue weighted by Gasteiger charge is -2.30. The minimum Gasteiger partial charge on any atom is -0.310 e. The van der Waals surface area contributed by atoms with Crippen molar-refractivity contribution in [3.8, 4) is 22.3 Å². The Kier molecular flexibility index (Phi) is 8.55. The van der Waals surface area contributed by atoms with Crippen LogP contribution in [0.15, 0.2) is 231 Å². The van der Waals surface area contributed by atoms with Crippen LogP contribution in [-0.2, 0) is 0 Å². The van der Waals surface area contributed by atoms with E-state index in [0.717, 1.165) is 34.1 Å². The van der Waals surface area contributed by atoms with E-state index in [4.69, 9.17) is 0 Å². The number of para-hydroxylation sites is 3. The Morgan fingerprint density at radius 3 is 0.821 bits per heavy atom. The van der Waals surface area contributed by atoms with Crippen LogP contribution in [0.25, 0.3) is 54.6 Å². The van der Waals surface area contributed by atoms with Crippen LogP contribution in [0.1, 0.15) is 0 Å². The first-order valence-corrected chi connectivity index (χ1v) is 19.2. The SMILES string of the molecule is c1ccc(-c2c3ccccc3c(-c3ccc(N(c4ccccc4)c4ccc(N(c5ccccc5)c5ccccc5)c5ccccc45)cc3)c3ccccc23)cc1. The van der Waals surface area contributed by atoms with Crippen LogP contribution in [0.3, 0.4) is 0 Å². The smallest absolute Gasteiger partial charge is 0.0541 e. The summed E-state index contributed by atoms with van der Waals surface area (Å²) in [5.41, 5.74) is 11.6. The second kappa shape index (κ2) is 14.4. The summed E-state index contributed by atoms with van der Waals surface area (Å²) in [6.45, 7) is 0. The molecule has 0 radical (unpaired) electrons. The minimum atomic E-state index is 1.09. The highest BCUT2D eigenvalue weighted by atomic mass is 15.2. The van der Waals surface area contributed by atoms with Gasteiger partial charge in [0.25, 0.3) is 0 Å². The highest BCUT2D eigenvalue weighted by molar-refractivity contribution is 6.21. The second-order valence-corrected chi connectivity index (χ2v) is 14.1. The number of nitrogens with zero attached hydrogens (tertiary/aromatic N) is 2. The zero-order valence-electron chi connectivity index (χ0n) is 30.8. The maximum atomic E-state index is 2.39. The molecular formula is C54H38N2. The Balaban J connectivity index is 1.14. The highest BCUT2D eigenvalue weighted by Gasteiger charge is 2.21. The Morgan fingerprint density at radius 1 is 0.196 bits per heavy atom. The fourth-order valence-electron chi connectivity index (χ4n) is 8.38. The van der Waals surface area contributed by atoms with Gasteiger partial charge in [-0.15, -0.1) is 0 Å². The van der Waals surface area contributed by atoms with E-state index >= 15 is 0 Å². The molecule has 0 saturated heterocycles. The fraction of sp³-hybridized carbons (Fsp3) is 0. The topological polar surface area (TPSA) is 6.48 Å².